The van der Waals surface area contributed by atoms with E-state index >= 15 is 8.78 Å². The Labute approximate surface area is 231 Å². The molecule has 218 valence electrons. The standard InChI is InChI=1S/C31H36F5NO3/c1-28-17-25(20-4-2-19(3-5-20)18-37-12-14-40-15-13-37)27-23-9-7-22(38)16-21(23)6-8-24(27)26(28)10-11-29(28,39)30(32,33)31(34,35)36/h2-5,16,24-26,39H,6-15,17-18H2,1H3/t24-,25?,26-,28-,29-/m0/s1. The van der Waals surface area contributed by atoms with Gasteiger partial charge in [-0.15, -0.1) is 0 Å². The van der Waals surface area contributed by atoms with E-state index in [1.54, 1.807) is 6.08 Å². The van der Waals surface area contributed by atoms with Gasteiger partial charge in [0, 0.05) is 37.4 Å². The van der Waals surface area contributed by atoms with Crippen molar-refractivity contribution in [2.24, 2.45) is 17.3 Å². The van der Waals surface area contributed by atoms with Crippen molar-refractivity contribution < 1.29 is 36.6 Å². The van der Waals surface area contributed by atoms with Crippen molar-refractivity contribution in [1.82, 2.24) is 4.90 Å². The summed E-state index contributed by atoms with van der Waals surface area (Å²) in [7, 11) is 0. The zero-order valence-corrected chi connectivity index (χ0v) is 22.7. The number of fused-ring (bicyclic) bond motifs is 4. The van der Waals surface area contributed by atoms with Crippen LogP contribution < -0.4 is 0 Å². The minimum Gasteiger partial charge on any atom is -0.383 e. The predicted molar refractivity (Wildman–Crippen MR) is 139 cm³/mol. The number of carbonyl (C=O) groups excluding carboxylic acids is 1. The number of morpholine rings is 1. The first-order valence-corrected chi connectivity index (χ1v) is 14.4. The Hall–Kier alpha value is -2.10. The quantitative estimate of drug-likeness (QED) is 0.433. The monoisotopic (exact) mass is 565 g/mol. The lowest BCUT2D eigenvalue weighted by atomic mass is 9.50. The molecule has 9 heteroatoms. The van der Waals surface area contributed by atoms with Gasteiger partial charge in [-0.2, -0.15) is 22.0 Å². The number of rotatable bonds is 4. The SMILES string of the molecule is C[C@]12CC(c3ccc(CN4CCOCC4)cc3)C3=C4CCC(=O)C=C4CC[C@H]3[C@@H]1CC[C@@]2(O)C(F)(F)C(F)(F)F. The van der Waals surface area contributed by atoms with E-state index in [1.807, 2.05) is 24.3 Å². The van der Waals surface area contributed by atoms with Crippen molar-refractivity contribution in [2.75, 3.05) is 26.3 Å². The summed E-state index contributed by atoms with van der Waals surface area (Å²) in [4.78, 5) is 14.5. The Bertz CT molecular complexity index is 1230. The van der Waals surface area contributed by atoms with E-state index in [9.17, 15) is 23.1 Å². The van der Waals surface area contributed by atoms with E-state index in [-0.39, 0.29) is 24.5 Å². The molecule has 1 aliphatic heterocycles. The summed E-state index contributed by atoms with van der Waals surface area (Å²) in [5, 5.41) is 11.4. The van der Waals surface area contributed by atoms with E-state index in [2.05, 4.69) is 4.90 Å². The van der Waals surface area contributed by atoms with Gasteiger partial charge < -0.3 is 9.84 Å². The van der Waals surface area contributed by atoms with Crippen molar-refractivity contribution in [3.8, 4) is 0 Å². The van der Waals surface area contributed by atoms with E-state index in [1.165, 1.54) is 6.92 Å². The molecule has 1 heterocycles. The van der Waals surface area contributed by atoms with Gasteiger partial charge in [-0.1, -0.05) is 36.8 Å². The van der Waals surface area contributed by atoms with Crippen LogP contribution in [0.5, 0.6) is 0 Å². The van der Waals surface area contributed by atoms with Crippen molar-refractivity contribution in [3.05, 3.63) is 58.2 Å². The smallest absolute Gasteiger partial charge is 0.383 e. The molecular weight excluding hydrogens is 529 g/mol. The fourth-order valence-corrected chi connectivity index (χ4v) is 8.59. The molecule has 40 heavy (non-hydrogen) atoms. The average Bonchev–Trinajstić information content (AvgIpc) is 3.20. The number of halogens is 5. The Morgan fingerprint density at radius 1 is 1.02 bits per heavy atom. The third kappa shape index (κ3) is 4.21. The summed E-state index contributed by atoms with van der Waals surface area (Å²) in [5.74, 6) is -6.27. The van der Waals surface area contributed by atoms with Crippen LogP contribution >= 0.6 is 0 Å². The van der Waals surface area contributed by atoms with E-state index < -0.39 is 41.4 Å². The number of nitrogens with zero attached hydrogens (tertiary/aromatic N) is 1. The molecule has 3 fully saturated rings. The summed E-state index contributed by atoms with van der Waals surface area (Å²) < 4.78 is 76.9. The van der Waals surface area contributed by atoms with Gasteiger partial charge in [0.15, 0.2) is 5.78 Å². The minimum absolute atomic E-state index is 0.000787. The van der Waals surface area contributed by atoms with Crippen molar-refractivity contribution >= 4 is 5.78 Å². The summed E-state index contributed by atoms with van der Waals surface area (Å²) in [6.07, 6.45) is -2.51. The van der Waals surface area contributed by atoms with Gasteiger partial charge >= 0.3 is 12.1 Å². The van der Waals surface area contributed by atoms with Crippen molar-refractivity contribution in [3.63, 3.8) is 0 Å². The van der Waals surface area contributed by atoms with E-state index in [4.69, 9.17) is 4.74 Å². The highest BCUT2D eigenvalue weighted by atomic mass is 19.4. The third-order valence-corrected chi connectivity index (χ3v) is 10.7. The number of ketones is 1. The summed E-state index contributed by atoms with van der Waals surface area (Å²) in [5.41, 5.74) is 0.282. The van der Waals surface area contributed by atoms with Crippen LogP contribution in [0.3, 0.4) is 0 Å². The molecule has 5 aliphatic rings. The highest BCUT2D eigenvalue weighted by molar-refractivity contribution is 5.93. The molecule has 5 atom stereocenters. The van der Waals surface area contributed by atoms with Crippen LogP contribution in [-0.4, -0.2) is 59.8 Å². The largest absolute Gasteiger partial charge is 0.456 e. The Morgan fingerprint density at radius 3 is 2.40 bits per heavy atom. The van der Waals surface area contributed by atoms with Crippen LogP contribution in [0, 0.1) is 17.3 Å². The zero-order chi connectivity index (χ0) is 28.5. The van der Waals surface area contributed by atoms with E-state index in [0.717, 1.165) is 47.5 Å². The second kappa shape index (κ2) is 9.73. The van der Waals surface area contributed by atoms with Crippen LogP contribution in [0.25, 0.3) is 0 Å². The zero-order valence-electron chi connectivity index (χ0n) is 22.7. The first kappa shape index (κ1) is 28.0. The molecule has 1 aromatic carbocycles. The van der Waals surface area contributed by atoms with E-state index in [0.29, 0.717) is 38.9 Å². The molecule has 1 N–H and O–H groups in total. The molecule has 4 aliphatic carbocycles. The molecule has 1 unspecified atom stereocenters. The number of alkyl halides is 5. The lowest BCUT2D eigenvalue weighted by Gasteiger charge is -2.56. The van der Waals surface area contributed by atoms with Gasteiger partial charge in [0.2, 0.25) is 0 Å². The summed E-state index contributed by atoms with van der Waals surface area (Å²) >= 11 is 0. The number of allylic oxidation sites excluding steroid dienone is 4. The molecule has 0 radical (unpaired) electrons. The van der Waals surface area contributed by atoms with Crippen LogP contribution in [-0.2, 0) is 16.1 Å². The number of hydrogen-bond acceptors (Lipinski definition) is 4. The van der Waals surface area contributed by atoms with Crippen LogP contribution in [0.4, 0.5) is 22.0 Å². The lowest BCUT2D eigenvalue weighted by Crippen LogP contribution is -2.65. The molecular formula is C31H36F5NO3. The van der Waals surface area contributed by atoms with Gasteiger partial charge in [0.25, 0.3) is 0 Å². The predicted octanol–water partition coefficient (Wildman–Crippen LogP) is 6.35. The van der Waals surface area contributed by atoms with Gasteiger partial charge in [0.1, 0.15) is 5.60 Å². The number of benzene rings is 1. The van der Waals surface area contributed by atoms with Crippen molar-refractivity contribution in [2.45, 2.75) is 82.0 Å². The molecule has 1 saturated heterocycles. The fourth-order valence-electron chi connectivity index (χ4n) is 8.59. The maximum Gasteiger partial charge on any atom is 0.456 e. The highest BCUT2D eigenvalue weighted by Crippen LogP contribution is 2.70. The number of carbonyl (C=O) groups is 1. The van der Waals surface area contributed by atoms with Crippen LogP contribution in [0.1, 0.15) is 68.9 Å². The molecule has 0 amide bonds. The number of aliphatic hydroxyl groups is 1. The maximum absolute atomic E-state index is 15.1. The van der Waals surface area contributed by atoms with Crippen LogP contribution in [0.15, 0.2) is 47.1 Å². The Kier molecular flexibility index (Phi) is 6.82. The van der Waals surface area contributed by atoms with Gasteiger partial charge in [-0.05, 0) is 78.7 Å². The topological polar surface area (TPSA) is 49.8 Å². The second-order valence-electron chi connectivity index (χ2n) is 12.6. The fraction of sp³-hybridized carbons (Fsp3) is 0.645. The van der Waals surface area contributed by atoms with Crippen LogP contribution in [0.2, 0.25) is 0 Å². The molecule has 0 spiro atoms. The third-order valence-electron chi connectivity index (χ3n) is 10.7. The molecule has 2 saturated carbocycles. The second-order valence-corrected chi connectivity index (χ2v) is 12.6. The summed E-state index contributed by atoms with van der Waals surface area (Å²) in [6.45, 7) is 5.24. The molecule has 0 bridgehead atoms. The lowest BCUT2D eigenvalue weighted by molar-refractivity contribution is -0.362. The van der Waals surface area contributed by atoms with Gasteiger partial charge in [0.05, 0.1) is 13.2 Å². The van der Waals surface area contributed by atoms with Gasteiger partial charge in [-0.3, -0.25) is 9.69 Å². The molecule has 4 nitrogen and oxygen atoms in total. The Morgan fingerprint density at radius 2 is 1.73 bits per heavy atom. The van der Waals surface area contributed by atoms with Gasteiger partial charge in [-0.25, -0.2) is 0 Å². The minimum atomic E-state index is -5.85. The average molecular weight is 566 g/mol. The normalized spacial score (nSPS) is 35.2. The molecule has 6 rings (SSSR count). The number of ether oxygens (including phenoxy) is 1. The summed E-state index contributed by atoms with van der Waals surface area (Å²) in [6, 6.07) is 7.95. The molecule has 0 aromatic heterocycles. The first-order valence-electron chi connectivity index (χ1n) is 14.4. The maximum atomic E-state index is 15.1. The number of hydrogen-bond donors (Lipinski definition) is 1. The Balaban J connectivity index is 1.42. The van der Waals surface area contributed by atoms with Crippen molar-refractivity contribution in [1.29, 1.82) is 0 Å². The molecule has 1 aromatic rings. The first-order chi connectivity index (χ1) is 18.9. The highest BCUT2D eigenvalue weighted by Gasteiger charge is 2.79.